The van der Waals surface area contributed by atoms with Gasteiger partial charge in [-0.2, -0.15) is 0 Å². The van der Waals surface area contributed by atoms with Gasteiger partial charge in [0.05, 0.1) is 21.3 Å². The summed E-state index contributed by atoms with van der Waals surface area (Å²) in [5.74, 6) is 1.60. The molecule has 0 aliphatic heterocycles. The number of benzene rings is 1. The normalized spacial score (nSPS) is 16.8. The first-order chi connectivity index (χ1) is 12.8. The number of ketones is 1. The maximum Gasteiger partial charge on any atom is 0.203 e. The number of hydrogen-bond acceptors (Lipinski definition) is 4. The molecule has 1 aliphatic rings. The summed E-state index contributed by atoms with van der Waals surface area (Å²) >= 11 is 0. The van der Waals surface area contributed by atoms with Gasteiger partial charge in [0.25, 0.3) is 0 Å². The Balaban J connectivity index is 2.19. The van der Waals surface area contributed by atoms with Gasteiger partial charge in [-0.25, -0.2) is 0 Å². The van der Waals surface area contributed by atoms with Crippen molar-refractivity contribution in [3.63, 3.8) is 0 Å². The maximum absolute atomic E-state index is 12.3. The van der Waals surface area contributed by atoms with Crippen molar-refractivity contribution < 1.29 is 19.0 Å². The lowest BCUT2D eigenvalue weighted by atomic mass is 9.72. The number of carbonyl (C=O) groups is 1. The van der Waals surface area contributed by atoms with Crippen molar-refractivity contribution in [1.29, 1.82) is 0 Å². The summed E-state index contributed by atoms with van der Waals surface area (Å²) in [6.45, 7) is 6.65. The van der Waals surface area contributed by atoms with Crippen molar-refractivity contribution in [2.45, 2.75) is 40.0 Å². The van der Waals surface area contributed by atoms with E-state index in [1.54, 1.807) is 39.6 Å². The minimum Gasteiger partial charge on any atom is -0.493 e. The second-order valence-electron chi connectivity index (χ2n) is 7.46. The maximum atomic E-state index is 12.3. The van der Waals surface area contributed by atoms with E-state index in [-0.39, 0.29) is 11.2 Å². The number of ether oxygens (including phenoxy) is 3. The number of methoxy groups -OCH3 is 3. The Morgan fingerprint density at radius 1 is 1.00 bits per heavy atom. The molecular weight excluding hydrogens is 340 g/mol. The van der Waals surface area contributed by atoms with Gasteiger partial charge in [-0.15, -0.1) is 0 Å². The third kappa shape index (κ3) is 5.03. The van der Waals surface area contributed by atoms with Crippen LogP contribution in [0.3, 0.4) is 0 Å². The van der Waals surface area contributed by atoms with E-state index in [0.29, 0.717) is 17.2 Å². The monoisotopic (exact) mass is 370 g/mol. The summed E-state index contributed by atoms with van der Waals surface area (Å²) in [4.78, 5) is 12.3. The van der Waals surface area contributed by atoms with Gasteiger partial charge in [0.2, 0.25) is 5.75 Å². The summed E-state index contributed by atoms with van der Waals surface area (Å²) in [5, 5.41) is 0. The number of carbonyl (C=O) groups excluding carboxylic acids is 1. The molecule has 0 amide bonds. The van der Waals surface area contributed by atoms with Gasteiger partial charge >= 0.3 is 0 Å². The molecule has 0 spiro atoms. The van der Waals surface area contributed by atoms with E-state index in [0.717, 1.165) is 18.4 Å². The Kier molecular flexibility index (Phi) is 6.89. The van der Waals surface area contributed by atoms with Crippen molar-refractivity contribution in [3.05, 3.63) is 47.1 Å². The predicted molar refractivity (Wildman–Crippen MR) is 110 cm³/mol. The molecule has 1 aromatic carbocycles. The Labute approximate surface area is 162 Å². The highest BCUT2D eigenvalue weighted by molar-refractivity contribution is 6.02. The average Bonchev–Trinajstić information content (AvgIpc) is 2.64. The number of rotatable bonds is 7. The molecule has 4 heteroatoms. The molecule has 2 rings (SSSR count). The highest BCUT2D eigenvalue weighted by Gasteiger charge is 2.26. The fourth-order valence-electron chi connectivity index (χ4n) is 3.61. The standard InChI is InChI=1S/C23H30O4/c1-16-8-7-13-23(2,3)19(16)12-11-18(24)10-9-17-14-20(25-4)22(27-6)21(15-17)26-5/h9-12,14-15H,7-8,13H2,1-6H3/b10-9+,12-11+. The van der Waals surface area contributed by atoms with Crippen molar-refractivity contribution in [3.8, 4) is 17.2 Å². The van der Waals surface area contributed by atoms with E-state index >= 15 is 0 Å². The van der Waals surface area contributed by atoms with Crippen LogP contribution in [0, 0.1) is 5.41 Å². The highest BCUT2D eigenvalue weighted by atomic mass is 16.5. The molecule has 4 nitrogen and oxygen atoms in total. The molecule has 0 heterocycles. The highest BCUT2D eigenvalue weighted by Crippen LogP contribution is 2.41. The fraction of sp³-hybridized carbons (Fsp3) is 0.435. The summed E-state index contributed by atoms with van der Waals surface area (Å²) in [5.41, 5.74) is 3.59. The van der Waals surface area contributed by atoms with Crippen molar-refractivity contribution in [2.75, 3.05) is 21.3 Å². The third-order valence-corrected chi connectivity index (χ3v) is 5.08. The van der Waals surface area contributed by atoms with Gasteiger partial charge in [-0.1, -0.05) is 31.6 Å². The summed E-state index contributed by atoms with van der Waals surface area (Å²) in [7, 11) is 4.70. The van der Waals surface area contributed by atoms with Crippen LogP contribution in [0.25, 0.3) is 6.08 Å². The molecule has 0 N–H and O–H groups in total. The Morgan fingerprint density at radius 3 is 2.11 bits per heavy atom. The molecule has 27 heavy (non-hydrogen) atoms. The van der Waals surface area contributed by atoms with Crippen molar-refractivity contribution in [1.82, 2.24) is 0 Å². The topological polar surface area (TPSA) is 44.8 Å². The molecule has 0 atom stereocenters. The van der Waals surface area contributed by atoms with Gasteiger partial charge in [0.1, 0.15) is 0 Å². The Hall–Kier alpha value is -2.49. The zero-order valence-corrected chi connectivity index (χ0v) is 17.2. The lowest BCUT2D eigenvalue weighted by Crippen LogP contribution is -2.19. The number of allylic oxidation sites excluding steroid dienone is 5. The third-order valence-electron chi connectivity index (χ3n) is 5.08. The van der Waals surface area contributed by atoms with E-state index in [1.165, 1.54) is 17.6 Å². The average molecular weight is 370 g/mol. The van der Waals surface area contributed by atoms with Crippen LogP contribution in [0.4, 0.5) is 0 Å². The predicted octanol–water partition coefficient (Wildman–Crippen LogP) is 5.38. The summed E-state index contributed by atoms with van der Waals surface area (Å²) in [6.07, 6.45) is 10.4. The fourth-order valence-corrected chi connectivity index (χ4v) is 3.61. The zero-order valence-electron chi connectivity index (χ0n) is 17.2. The second-order valence-corrected chi connectivity index (χ2v) is 7.46. The Morgan fingerprint density at radius 2 is 1.59 bits per heavy atom. The smallest absolute Gasteiger partial charge is 0.203 e. The van der Waals surface area contributed by atoms with Crippen LogP contribution < -0.4 is 14.2 Å². The van der Waals surface area contributed by atoms with Crippen LogP contribution in [0.15, 0.2) is 41.5 Å². The van der Waals surface area contributed by atoms with Gasteiger partial charge in [0.15, 0.2) is 17.3 Å². The lowest BCUT2D eigenvalue weighted by molar-refractivity contribution is -0.110. The van der Waals surface area contributed by atoms with E-state index in [2.05, 4.69) is 20.8 Å². The summed E-state index contributed by atoms with van der Waals surface area (Å²) in [6, 6.07) is 3.62. The largest absolute Gasteiger partial charge is 0.493 e. The zero-order chi connectivity index (χ0) is 20.0. The molecule has 0 bridgehead atoms. The van der Waals surface area contributed by atoms with E-state index < -0.39 is 0 Å². The molecule has 1 aliphatic carbocycles. The van der Waals surface area contributed by atoms with E-state index in [9.17, 15) is 4.79 Å². The van der Waals surface area contributed by atoms with Crippen LogP contribution >= 0.6 is 0 Å². The first kappa shape index (κ1) is 20.8. The van der Waals surface area contributed by atoms with Crippen molar-refractivity contribution >= 4 is 11.9 Å². The molecule has 146 valence electrons. The van der Waals surface area contributed by atoms with Gasteiger partial charge in [0, 0.05) is 0 Å². The first-order valence-electron chi connectivity index (χ1n) is 9.22. The molecule has 1 aromatic rings. The molecule has 0 saturated carbocycles. The number of hydrogen-bond donors (Lipinski definition) is 0. The van der Waals surface area contributed by atoms with Gasteiger partial charge in [-0.3, -0.25) is 4.79 Å². The Bertz CT molecular complexity index is 757. The van der Waals surface area contributed by atoms with E-state index in [1.807, 2.05) is 18.2 Å². The minimum absolute atomic E-state index is 0.0505. The first-order valence-corrected chi connectivity index (χ1v) is 9.22. The van der Waals surface area contributed by atoms with E-state index in [4.69, 9.17) is 14.2 Å². The SMILES string of the molecule is COc1cc(/C=C/C(=O)/C=C/C2=C(C)CCCC2(C)C)cc(OC)c1OC. The quantitative estimate of drug-likeness (QED) is 0.605. The lowest BCUT2D eigenvalue weighted by Gasteiger charge is -2.32. The van der Waals surface area contributed by atoms with Crippen LogP contribution in [-0.4, -0.2) is 27.1 Å². The van der Waals surface area contributed by atoms with Crippen molar-refractivity contribution in [2.24, 2.45) is 5.41 Å². The molecule has 0 fully saturated rings. The van der Waals surface area contributed by atoms with Gasteiger partial charge in [-0.05, 0) is 67.0 Å². The molecule has 0 radical (unpaired) electrons. The van der Waals surface area contributed by atoms with Crippen LogP contribution in [0.2, 0.25) is 0 Å². The summed E-state index contributed by atoms with van der Waals surface area (Å²) < 4.78 is 16.0. The molecule has 0 aromatic heterocycles. The van der Waals surface area contributed by atoms with Crippen LogP contribution in [-0.2, 0) is 4.79 Å². The molecule has 0 saturated heterocycles. The molecular formula is C23H30O4. The van der Waals surface area contributed by atoms with Gasteiger partial charge < -0.3 is 14.2 Å². The molecule has 0 unspecified atom stereocenters. The van der Waals surface area contributed by atoms with Crippen LogP contribution in [0.1, 0.15) is 45.6 Å². The minimum atomic E-state index is -0.0505. The van der Waals surface area contributed by atoms with Crippen LogP contribution in [0.5, 0.6) is 17.2 Å². The second kappa shape index (κ2) is 8.94.